The summed E-state index contributed by atoms with van der Waals surface area (Å²) in [5.41, 5.74) is 7.39. The van der Waals surface area contributed by atoms with Gasteiger partial charge in [-0.05, 0) is 84.6 Å². The highest BCUT2D eigenvalue weighted by atomic mass is 32.1. The van der Waals surface area contributed by atoms with E-state index in [1.807, 2.05) is 12.1 Å². The summed E-state index contributed by atoms with van der Waals surface area (Å²) in [5, 5.41) is 7.40. The van der Waals surface area contributed by atoms with E-state index in [2.05, 4.69) is 77.9 Å². The topological polar surface area (TPSA) is 45.8 Å². The first kappa shape index (κ1) is 24.0. The summed E-state index contributed by atoms with van der Waals surface area (Å²) in [6.45, 7) is 6.78. The highest BCUT2D eigenvalue weighted by molar-refractivity contribution is 7.80. The minimum absolute atomic E-state index is 0.139. The molecular formula is C28H33N3O2S. The fourth-order valence-corrected chi connectivity index (χ4v) is 4.80. The highest BCUT2D eigenvalue weighted by Crippen LogP contribution is 2.38. The van der Waals surface area contributed by atoms with Gasteiger partial charge in [0.2, 0.25) is 0 Å². The van der Waals surface area contributed by atoms with Gasteiger partial charge in [0.1, 0.15) is 0 Å². The molecule has 0 aromatic heterocycles. The molecule has 1 atom stereocenters. The van der Waals surface area contributed by atoms with Crippen molar-refractivity contribution in [3.8, 4) is 11.5 Å². The number of rotatable bonds is 7. The Kier molecular flexibility index (Phi) is 7.70. The number of aryl methyl sites for hydroxylation is 2. The summed E-state index contributed by atoms with van der Waals surface area (Å²) in [6.07, 6.45) is 0.962. The molecule has 0 amide bonds. The van der Waals surface area contributed by atoms with E-state index in [9.17, 15) is 0 Å². The fraction of sp³-hybridized carbons (Fsp3) is 0.321. The first-order chi connectivity index (χ1) is 16.5. The van der Waals surface area contributed by atoms with Crippen LogP contribution in [0.4, 0.5) is 5.69 Å². The standard InChI is InChI=1S/C28H33N3O2S/c1-19-8-7-11-23(14-19)30-28(34)29-17-25-24-16-27(33-4)26(32-3)15-21(24)12-13-31(25)18-22-10-6-5-9-20(22)2/h5-11,14-16,25H,12-13,17-18H2,1-4H3,(H2,29,30,34). The maximum absolute atomic E-state index is 5.64. The Morgan fingerprint density at radius 2 is 1.76 bits per heavy atom. The molecule has 0 saturated heterocycles. The van der Waals surface area contributed by atoms with Crippen molar-refractivity contribution in [2.45, 2.75) is 32.9 Å². The van der Waals surface area contributed by atoms with E-state index in [1.54, 1.807) is 14.2 Å². The van der Waals surface area contributed by atoms with E-state index in [1.165, 1.54) is 27.8 Å². The summed E-state index contributed by atoms with van der Waals surface area (Å²) in [7, 11) is 3.37. The van der Waals surface area contributed by atoms with Crippen LogP contribution in [0.5, 0.6) is 11.5 Å². The molecule has 1 aliphatic heterocycles. The van der Waals surface area contributed by atoms with Crippen molar-refractivity contribution >= 4 is 23.0 Å². The number of benzene rings is 3. The zero-order valence-electron chi connectivity index (χ0n) is 20.4. The Morgan fingerprint density at radius 1 is 1.00 bits per heavy atom. The van der Waals surface area contributed by atoms with Crippen molar-refractivity contribution in [1.82, 2.24) is 10.2 Å². The van der Waals surface area contributed by atoms with Gasteiger partial charge in [0.15, 0.2) is 16.6 Å². The number of ether oxygens (including phenoxy) is 2. The number of nitrogens with one attached hydrogen (secondary N) is 2. The van der Waals surface area contributed by atoms with E-state index in [-0.39, 0.29) is 6.04 Å². The van der Waals surface area contributed by atoms with Crippen molar-refractivity contribution in [3.05, 3.63) is 88.5 Å². The molecule has 1 heterocycles. The third-order valence-corrected chi connectivity index (χ3v) is 6.73. The van der Waals surface area contributed by atoms with Crippen LogP contribution in [0.3, 0.4) is 0 Å². The molecule has 0 radical (unpaired) electrons. The average Bonchev–Trinajstić information content (AvgIpc) is 2.83. The van der Waals surface area contributed by atoms with Crippen LogP contribution in [-0.2, 0) is 13.0 Å². The molecule has 0 spiro atoms. The number of hydrogen-bond donors (Lipinski definition) is 2. The van der Waals surface area contributed by atoms with Gasteiger partial charge < -0.3 is 20.1 Å². The molecule has 2 N–H and O–H groups in total. The van der Waals surface area contributed by atoms with Crippen molar-refractivity contribution in [3.63, 3.8) is 0 Å². The predicted molar refractivity (Wildman–Crippen MR) is 143 cm³/mol. The largest absolute Gasteiger partial charge is 0.493 e. The number of fused-ring (bicyclic) bond motifs is 1. The molecule has 6 heteroatoms. The highest BCUT2D eigenvalue weighted by Gasteiger charge is 2.29. The van der Waals surface area contributed by atoms with Gasteiger partial charge in [0.05, 0.1) is 20.3 Å². The second-order valence-electron chi connectivity index (χ2n) is 8.77. The lowest BCUT2D eigenvalue weighted by Crippen LogP contribution is -2.42. The van der Waals surface area contributed by atoms with Crippen molar-refractivity contribution < 1.29 is 9.47 Å². The second-order valence-corrected chi connectivity index (χ2v) is 9.18. The smallest absolute Gasteiger partial charge is 0.170 e. The third kappa shape index (κ3) is 5.51. The number of thiocarbonyl (C=S) groups is 1. The van der Waals surface area contributed by atoms with Gasteiger partial charge in [-0.15, -0.1) is 0 Å². The van der Waals surface area contributed by atoms with Gasteiger partial charge in [0, 0.05) is 25.3 Å². The number of methoxy groups -OCH3 is 2. The SMILES string of the molecule is COc1cc2c(cc1OC)C(CNC(=S)Nc1cccc(C)c1)N(Cc1ccccc1C)CC2. The van der Waals surface area contributed by atoms with Crippen LogP contribution >= 0.6 is 12.2 Å². The predicted octanol–water partition coefficient (Wildman–Crippen LogP) is 5.41. The van der Waals surface area contributed by atoms with E-state index >= 15 is 0 Å². The monoisotopic (exact) mass is 475 g/mol. The Morgan fingerprint density at radius 3 is 2.50 bits per heavy atom. The summed E-state index contributed by atoms with van der Waals surface area (Å²) >= 11 is 5.64. The molecule has 0 fully saturated rings. The summed E-state index contributed by atoms with van der Waals surface area (Å²) in [6, 6.07) is 21.2. The van der Waals surface area contributed by atoms with Crippen LogP contribution < -0.4 is 20.1 Å². The Bertz CT molecular complexity index is 1160. The Labute approximate surface area is 208 Å². The summed E-state index contributed by atoms with van der Waals surface area (Å²) < 4.78 is 11.2. The van der Waals surface area contributed by atoms with Crippen LogP contribution in [0.2, 0.25) is 0 Å². The van der Waals surface area contributed by atoms with Gasteiger partial charge >= 0.3 is 0 Å². The second kappa shape index (κ2) is 10.9. The molecule has 4 rings (SSSR count). The molecule has 3 aromatic rings. The first-order valence-electron chi connectivity index (χ1n) is 11.6. The minimum Gasteiger partial charge on any atom is -0.493 e. The zero-order valence-corrected chi connectivity index (χ0v) is 21.2. The normalized spacial score (nSPS) is 15.4. The average molecular weight is 476 g/mol. The lowest BCUT2D eigenvalue weighted by atomic mass is 9.91. The lowest BCUT2D eigenvalue weighted by molar-refractivity contribution is 0.176. The molecule has 1 aliphatic rings. The molecular weight excluding hydrogens is 442 g/mol. The third-order valence-electron chi connectivity index (χ3n) is 6.48. The molecule has 1 unspecified atom stereocenters. The van der Waals surface area contributed by atoms with Gasteiger partial charge in [-0.2, -0.15) is 0 Å². The van der Waals surface area contributed by atoms with E-state index in [0.29, 0.717) is 11.7 Å². The first-order valence-corrected chi connectivity index (χ1v) is 12.0. The summed E-state index contributed by atoms with van der Waals surface area (Å²) in [4.78, 5) is 2.53. The molecule has 178 valence electrons. The van der Waals surface area contributed by atoms with Crippen LogP contribution in [0, 0.1) is 13.8 Å². The lowest BCUT2D eigenvalue weighted by Gasteiger charge is -2.38. The van der Waals surface area contributed by atoms with Crippen LogP contribution in [0.1, 0.15) is 33.9 Å². The number of nitrogens with zero attached hydrogens (tertiary/aromatic N) is 1. The molecule has 3 aromatic carbocycles. The van der Waals surface area contributed by atoms with Crippen molar-refractivity contribution in [2.75, 3.05) is 32.6 Å². The van der Waals surface area contributed by atoms with E-state index in [0.717, 1.165) is 36.7 Å². The molecule has 34 heavy (non-hydrogen) atoms. The molecule has 0 aliphatic carbocycles. The quantitative estimate of drug-likeness (QED) is 0.446. The molecule has 5 nitrogen and oxygen atoms in total. The van der Waals surface area contributed by atoms with E-state index < -0.39 is 0 Å². The zero-order chi connectivity index (χ0) is 24.1. The molecule has 0 saturated carbocycles. The van der Waals surface area contributed by atoms with Gasteiger partial charge in [0.25, 0.3) is 0 Å². The fourth-order valence-electron chi connectivity index (χ4n) is 4.60. The maximum atomic E-state index is 5.64. The van der Waals surface area contributed by atoms with Crippen LogP contribution in [0.15, 0.2) is 60.7 Å². The van der Waals surface area contributed by atoms with Crippen molar-refractivity contribution in [1.29, 1.82) is 0 Å². The minimum atomic E-state index is 0.139. The Hall–Kier alpha value is -3.09. The van der Waals surface area contributed by atoms with Crippen LogP contribution in [-0.4, -0.2) is 37.3 Å². The van der Waals surface area contributed by atoms with E-state index in [4.69, 9.17) is 21.7 Å². The van der Waals surface area contributed by atoms with Gasteiger partial charge in [-0.25, -0.2) is 0 Å². The van der Waals surface area contributed by atoms with Crippen LogP contribution in [0.25, 0.3) is 0 Å². The number of hydrogen-bond acceptors (Lipinski definition) is 4. The number of anilines is 1. The Balaban J connectivity index is 1.58. The molecule has 0 bridgehead atoms. The summed E-state index contributed by atoms with van der Waals surface area (Å²) in [5.74, 6) is 1.53. The van der Waals surface area contributed by atoms with Crippen molar-refractivity contribution in [2.24, 2.45) is 0 Å². The van der Waals surface area contributed by atoms with Gasteiger partial charge in [-0.1, -0.05) is 36.4 Å². The maximum Gasteiger partial charge on any atom is 0.170 e. The van der Waals surface area contributed by atoms with Gasteiger partial charge in [-0.3, -0.25) is 4.90 Å².